The van der Waals surface area contributed by atoms with Crippen LogP contribution in [0.15, 0.2) is 48.1 Å². The van der Waals surface area contributed by atoms with E-state index in [1.165, 1.54) is 0 Å². The summed E-state index contributed by atoms with van der Waals surface area (Å²) in [6, 6.07) is 9.28. The van der Waals surface area contributed by atoms with Gasteiger partial charge in [-0.15, -0.1) is 11.3 Å². The predicted octanol–water partition coefficient (Wildman–Crippen LogP) is 3.88. The molecule has 4 rings (SSSR count). The quantitative estimate of drug-likeness (QED) is 0.665. The Hall–Kier alpha value is -2.84. The number of amides is 1. The minimum Gasteiger partial charge on any atom is -0.424 e. The number of benzene rings is 1. The lowest BCUT2D eigenvalue weighted by Crippen LogP contribution is -2.37. The highest BCUT2D eigenvalue weighted by molar-refractivity contribution is 7.09. The number of piperidine rings is 1. The number of rotatable bonds is 6. The lowest BCUT2D eigenvalue weighted by atomic mass is 9.95. The van der Waals surface area contributed by atoms with Crippen molar-refractivity contribution in [3.63, 3.8) is 0 Å². The summed E-state index contributed by atoms with van der Waals surface area (Å²) in [7, 11) is 0. The minimum atomic E-state index is 0.0389. The molecule has 1 saturated heterocycles. The fourth-order valence-corrected chi connectivity index (χ4v) is 3.96. The number of nitrogens with zero attached hydrogens (tertiary/aromatic N) is 4. The van der Waals surface area contributed by atoms with Crippen molar-refractivity contribution in [1.29, 1.82) is 0 Å². The molecule has 3 aromatic rings. The molecule has 1 aromatic carbocycles. The Morgan fingerprint density at radius 3 is 2.59 bits per heavy atom. The van der Waals surface area contributed by atoms with Gasteiger partial charge in [-0.2, -0.15) is 0 Å². The van der Waals surface area contributed by atoms with E-state index in [-0.39, 0.29) is 11.8 Å². The zero-order valence-corrected chi connectivity index (χ0v) is 17.1. The lowest BCUT2D eigenvalue weighted by Gasteiger charge is -2.30. The molecule has 0 spiro atoms. The molecule has 29 heavy (non-hydrogen) atoms. The third-order valence-electron chi connectivity index (χ3n) is 4.88. The summed E-state index contributed by atoms with van der Waals surface area (Å²) in [5, 5.41) is 6.23. The summed E-state index contributed by atoms with van der Waals surface area (Å²) >= 11 is 1.68. The monoisotopic (exact) mass is 409 g/mol. The molecule has 150 valence electrons. The Morgan fingerprint density at radius 2 is 1.93 bits per heavy atom. The van der Waals surface area contributed by atoms with Crippen LogP contribution in [0.2, 0.25) is 0 Å². The number of carbonyl (C=O) groups is 1. The van der Waals surface area contributed by atoms with Crippen LogP contribution < -0.4 is 10.1 Å². The second-order valence-corrected chi connectivity index (χ2v) is 8.12. The number of likely N-dealkylation sites (tertiary alicyclic amines) is 1. The van der Waals surface area contributed by atoms with Crippen LogP contribution in [-0.4, -0.2) is 38.8 Å². The van der Waals surface area contributed by atoms with Crippen molar-refractivity contribution in [3.8, 4) is 11.8 Å². The van der Waals surface area contributed by atoms with Crippen LogP contribution in [0.25, 0.3) is 0 Å². The molecule has 1 N–H and O–H groups in total. The van der Waals surface area contributed by atoms with Gasteiger partial charge in [0.15, 0.2) is 0 Å². The van der Waals surface area contributed by atoms with Gasteiger partial charge < -0.3 is 10.1 Å². The number of aromatic nitrogens is 3. The molecule has 0 atom stereocenters. The van der Waals surface area contributed by atoms with E-state index in [1.807, 2.05) is 19.1 Å². The van der Waals surface area contributed by atoms with Gasteiger partial charge in [-0.05, 0) is 63.2 Å². The maximum Gasteiger partial charge on any atom is 0.321 e. The Morgan fingerprint density at radius 1 is 1.21 bits per heavy atom. The van der Waals surface area contributed by atoms with E-state index in [0.29, 0.717) is 11.8 Å². The van der Waals surface area contributed by atoms with E-state index < -0.39 is 0 Å². The Labute approximate surface area is 173 Å². The van der Waals surface area contributed by atoms with E-state index in [4.69, 9.17) is 4.74 Å². The van der Waals surface area contributed by atoms with Gasteiger partial charge in [-0.1, -0.05) is 0 Å². The fourth-order valence-electron chi connectivity index (χ4n) is 3.36. The molecule has 3 heterocycles. The topological polar surface area (TPSA) is 80.2 Å². The van der Waals surface area contributed by atoms with Gasteiger partial charge in [-0.25, -0.2) is 15.0 Å². The maximum atomic E-state index is 12.6. The number of carbonyl (C=O) groups excluding carboxylic acids is 1. The number of hydrogen-bond acceptors (Lipinski definition) is 7. The fraction of sp³-hybridized carbons (Fsp3) is 0.333. The Kier molecular flexibility index (Phi) is 6.12. The van der Waals surface area contributed by atoms with Gasteiger partial charge in [0.05, 0.1) is 10.7 Å². The Balaban J connectivity index is 1.25. The van der Waals surface area contributed by atoms with E-state index >= 15 is 0 Å². The van der Waals surface area contributed by atoms with Crippen molar-refractivity contribution in [3.05, 3.63) is 58.8 Å². The average molecular weight is 410 g/mol. The van der Waals surface area contributed by atoms with Crippen molar-refractivity contribution < 1.29 is 9.53 Å². The summed E-state index contributed by atoms with van der Waals surface area (Å²) in [4.78, 5) is 27.6. The van der Waals surface area contributed by atoms with Crippen molar-refractivity contribution in [1.82, 2.24) is 19.9 Å². The van der Waals surface area contributed by atoms with Gasteiger partial charge in [0.1, 0.15) is 5.75 Å². The van der Waals surface area contributed by atoms with Crippen LogP contribution in [0.4, 0.5) is 5.69 Å². The minimum absolute atomic E-state index is 0.0389. The molecular formula is C21H23N5O2S. The molecule has 0 saturated carbocycles. The molecule has 2 aromatic heterocycles. The first-order valence-corrected chi connectivity index (χ1v) is 10.5. The van der Waals surface area contributed by atoms with Gasteiger partial charge in [0.2, 0.25) is 5.91 Å². The van der Waals surface area contributed by atoms with Crippen LogP contribution in [0.5, 0.6) is 11.8 Å². The molecule has 1 aliphatic rings. The van der Waals surface area contributed by atoms with Crippen molar-refractivity contribution in [2.45, 2.75) is 26.3 Å². The van der Waals surface area contributed by atoms with Crippen molar-refractivity contribution in [2.24, 2.45) is 5.92 Å². The van der Waals surface area contributed by atoms with Gasteiger partial charge >= 0.3 is 6.01 Å². The van der Waals surface area contributed by atoms with Gasteiger partial charge in [-0.3, -0.25) is 9.69 Å². The number of anilines is 1. The van der Waals surface area contributed by atoms with E-state index in [0.717, 1.165) is 48.9 Å². The van der Waals surface area contributed by atoms with Crippen LogP contribution >= 0.6 is 11.3 Å². The summed E-state index contributed by atoms with van der Waals surface area (Å²) in [5.74, 6) is 0.742. The lowest BCUT2D eigenvalue weighted by molar-refractivity contribution is -0.121. The number of hydrogen-bond donors (Lipinski definition) is 1. The second kappa shape index (κ2) is 9.11. The van der Waals surface area contributed by atoms with Gasteiger partial charge in [0.25, 0.3) is 0 Å². The largest absolute Gasteiger partial charge is 0.424 e. The number of ether oxygens (including phenoxy) is 1. The molecule has 0 radical (unpaired) electrons. The van der Waals surface area contributed by atoms with E-state index in [1.54, 1.807) is 41.9 Å². The van der Waals surface area contributed by atoms with E-state index in [9.17, 15) is 4.79 Å². The maximum absolute atomic E-state index is 12.6. The third kappa shape index (κ3) is 5.36. The summed E-state index contributed by atoms with van der Waals surface area (Å²) in [6.45, 7) is 4.72. The highest BCUT2D eigenvalue weighted by Crippen LogP contribution is 2.23. The summed E-state index contributed by atoms with van der Waals surface area (Å²) < 4.78 is 5.57. The summed E-state index contributed by atoms with van der Waals surface area (Å²) in [6.07, 6.45) is 4.98. The molecule has 1 aliphatic heterocycles. The normalized spacial score (nSPS) is 15.2. The third-order valence-corrected chi connectivity index (χ3v) is 5.71. The Bertz CT molecular complexity index is 937. The first-order chi connectivity index (χ1) is 14.2. The van der Waals surface area contributed by atoms with Crippen LogP contribution in [-0.2, 0) is 11.3 Å². The summed E-state index contributed by atoms with van der Waals surface area (Å²) in [5.41, 5.74) is 1.88. The predicted molar refractivity (Wildman–Crippen MR) is 112 cm³/mol. The highest BCUT2D eigenvalue weighted by Gasteiger charge is 2.25. The number of aryl methyl sites for hydroxylation is 1. The number of thiazole rings is 1. The molecule has 1 fully saturated rings. The van der Waals surface area contributed by atoms with Crippen LogP contribution in [0.1, 0.15) is 23.5 Å². The first kappa shape index (κ1) is 19.5. The zero-order valence-electron chi connectivity index (χ0n) is 16.2. The molecule has 0 bridgehead atoms. The molecule has 7 nitrogen and oxygen atoms in total. The zero-order chi connectivity index (χ0) is 20.1. The molecule has 1 amide bonds. The molecule has 8 heteroatoms. The number of nitrogens with one attached hydrogen (secondary N) is 1. The van der Waals surface area contributed by atoms with Crippen LogP contribution in [0, 0.1) is 12.8 Å². The SMILES string of the molecule is Cc1nc(CN2CCC(C(=O)Nc3ccc(Oc4ncccn4)cc3)CC2)cs1. The highest BCUT2D eigenvalue weighted by atomic mass is 32.1. The second-order valence-electron chi connectivity index (χ2n) is 7.06. The van der Waals surface area contributed by atoms with E-state index in [2.05, 4.69) is 30.5 Å². The molecule has 0 aliphatic carbocycles. The average Bonchev–Trinajstić information content (AvgIpc) is 3.15. The standard InChI is InChI=1S/C21H23N5O2S/c1-15-24-18(14-29-15)13-26-11-7-16(8-12-26)20(27)25-17-3-5-19(6-4-17)28-21-22-9-2-10-23-21/h2-6,9-10,14,16H,7-8,11-13H2,1H3,(H,25,27). The molecular weight excluding hydrogens is 386 g/mol. The van der Waals surface area contributed by atoms with Crippen molar-refractivity contribution in [2.75, 3.05) is 18.4 Å². The smallest absolute Gasteiger partial charge is 0.321 e. The van der Waals surface area contributed by atoms with Gasteiger partial charge in [0, 0.05) is 35.9 Å². The van der Waals surface area contributed by atoms with Crippen LogP contribution in [0.3, 0.4) is 0 Å². The molecule has 0 unspecified atom stereocenters. The first-order valence-electron chi connectivity index (χ1n) is 9.65. The van der Waals surface area contributed by atoms with Crippen molar-refractivity contribution >= 4 is 22.9 Å².